The Labute approximate surface area is 158 Å². The summed E-state index contributed by atoms with van der Waals surface area (Å²) >= 11 is 0. The van der Waals surface area contributed by atoms with Crippen LogP contribution in [-0.4, -0.2) is 41.7 Å². The maximum absolute atomic E-state index is 14.1. The van der Waals surface area contributed by atoms with Crippen molar-refractivity contribution >= 4 is 5.91 Å². The topological polar surface area (TPSA) is 49.8 Å². The molecule has 2 fully saturated rings. The third-order valence-electron chi connectivity index (χ3n) is 6.20. The van der Waals surface area contributed by atoms with E-state index in [9.17, 15) is 14.3 Å². The third kappa shape index (κ3) is 2.90. The van der Waals surface area contributed by atoms with Gasteiger partial charge in [-0.2, -0.15) is 0 Å². The van der Waals surface area contributed by atoms with Gasteiger partial charge in [-0.15, -0.1) is 0 Å². The minimum absolute atomic E-state index is 0.00791. The summed E-state index contributed by atoms with van der Waals surface area (Å²) in [5.74, 6) is -0.749. The van der Waals surface area contributed by atoms with Crippen LogP contribution in [0.15, 0.2) is 48.5 Å². The average Bonchev–Trinajstić information content (AvgIpc) is 3.24. The van der Waals surface area contributed by atoms with Crippen molar-refractivity contribution in [1.82, 2.24) is 4.90 Å². The van der Waals surface area contributed by atoms with Gasteiger partial charge in [-0.05, 0) is 43.4 Å². The molecular formula is C22H24FNO3. The lowest BCUT2D eigenvalue weighted by atomic mass is 9.70. The summed E-state index contributed by atoms with van der Waals surface area (Å²) in [7, 11) is 1.38. The molecule has 2 aromatic rings. The van der Waals surface area contributed by atoms with Crippen LogP contribution in [0.4, 0.5) is 4.39 Å². The Balaban J connectivity index is 1.66. The Morgan fingerprint density at radius 3 is 2.70 bits per heavy atom. The van der Waals surface area contributed by atoms with E-state index in [0.29, 0.717) is 0 Å². The summed E-state index contributed by atoms with van der Waals surface area (Å²) in [5.41, 5.74) is 1.07. The van der Waals surface area contributed by atoms with Crippen LogP contribution in [0.2, 0.25) is 0 Å². The summed E-state index contributed by atoms with van der Waals surface area (Å²) < 4.78 is 19.2. The number of amides is 1. The second-order valence-corrected chi connectivity index (χ2v) is 7.67. The number of para-hydroxylation sites is 1. The first kappa shape index (κ1) is 18.0. The molecule has 0 spiro atoms. The van der Waals surface area contributed by atoms with Crippen molar-refractivity contribution in [3.63, 3.8) is 0 Å². The third-order valence-corrected chi connectivity index (χ3v) is 6.20. The van der Waals surface area contributed by atoms with Crippen LogP contribution in [0.5, 0.6) is 5.75 Å². The first-order valence-corrected chi connectivity index (χ1v) is 9.39. The number of ether oxygens (including phenoxy) is 1. The molecule has 2 aliphatic heterocycles. The van der Waals surface area contributed by atoms with E-state index in [1.54, 1.807) is 6.07 Å². The Bertz CT molecular complexity index is 841. The summed E-state index contributed by atoms with van der Waals surface area (Å²) in [4.78, 5) is 15.2. The van der Waals surface area contributed by atoms with E-state index in [0.717, 1.165) is 31.2 Å². The largest absolute Gasteiger partial charge is 0.493 e. The average molecular weight is 369 g/mol. The molecule has 0 aromatic heterocycles. The van der Waals surface area contributed by atoms with Crippen LogP contribution in [0.3, 0.4) is 0 Å². The van der Waals surface area contributed by atoms with Gasteiger partial charge in [0.15, 0.2) is 11.6 Å². The van der Waals surface area contributed by atoms with E-state index >= 15 is 0 Å². The number of aliphatic hydroxyl groups is 1. The van der Waals surface area contributed by atoms with E-state index in [1.165, 1.54) is 19.2 Å². The molecule has 27 heavy (non-hydrogen) atoms. The van der Waals surface area contributed by atoms with Gasteiger partial charge in [-0.1, -0.05) is 36.4 Å². The van der Waals surface area contributed by atoms with E-state index in [-0.39, 0.29) is 41.3 Å². The van der Waals surface area contributed by atoms with Crippen molar-refractivity contribution in [2.75, 3.05) is 13.7 Å². The lowest BCUT2D eigenvalue weighted by Gasteiger charge is -2.36. The van der Waals surface area contributed by atoms with Crippen molar-refractivity contribution in [2.24, 2.45) is 5.41 Å². The molecule has 0 saturated carbocycles. The lowest BCUT2D eigenvalue weighted by Crippen LogP contribution is -2.44. The summed E-state index contributed by atoms with van der Waals surface area (Å²) in [6.45, 7) is 0.0348. The van der Waals surface area contributed by atoms with Gasteiger partial charge in [0.05, 0.1) is 19.3 Å². The number of hydrogen-bond acceptors (Lipinski definition) is 3. The number of fused-ring (bicyclic) bond motifs is 2. The summed E-state index contributed by atoms with van der Waals surface area (Å²) in [6, 6.07) is 14.5. The van der Waals surface area contributed by atoms with Crippen molar-refractivity contribution in [3.8, 4) is 5.75 Å². The highest BCUT2D eigenvalue weighted by Crippen LogP contribution is 2.52. The van der Waals surface area contributed by atoms with Gasteiger partial charge < -0.3 is 14.7 Å². The van der Waals surface area contributed by atoms with Gasteiger partial charge >= 0.3 is 0 Å². The second-order valence-electron chi connectivity index (χ2n) is 7.67. The van der Waals surface area contributed by atoms with E-state index < -0.39 is 5.82 Å². The summed E-state index contributed by atoms with van der Waals surface area (Å²) in [6.07, 6.45) is 3.29. The number of halogens is 1. The highest BCUT2D eigenvalue weighted by Gasteiger charge is 2.57. The molecule has 2 bridgehead atoms. The molecule has 2 heterocycles. The molecule has 0 unspecified atom stereocenters. The van der Waals surface area contributed by atoms with Gasteiger partial charge in [-0.3, -0.25) is 4.79 Å². The molecule has 2 aliphatic rings. The Morgan fingerprint density at radius 2 is 2.00 bits per heavy atom. The lowest BCUT2D eigenvalue weighted by molar-refractivity contribution is 0.0568. The zero-order valence-corrected chi connectivity index (χ0v) is 15.4. The molecule has 4 rings (SSSR count). The SMILES string of the molecule is COc1c(F)cccc1C(=O)N1[C@H]2CC[C@@H]1[C@@](CO)(Cc1ccccc1)C2. The Kier molecular flexibility index (Phi) is 4.64. The minimum atomic E-state index is -0.535. The molecule has 5 heteroatoms. The molecule has 1 N–H and O–H groups in total. The smallest absolute Gasteiger partial charge is 0.258 e. The van der Waals surface area contributed by atoms with Crippen molar-refractivity contribution in [2.45, 2.75) is 37.8 Å². The molecule has 1 amide bonds. The van der Waals surface area contributed by atoms with Crippen LogP contribution in [0, 0.1) is 11.2 Å². The van der Waals surface area contributed by atoms with Gasteiger partial charge in [0, 0.05) is 17.5 Å². The van der Waals surface area contributed by atoms with Crippen molar-refractivity contribution in [3.05, 3.63) is 65.5 Å². The number of nitrogens with zero attached hydrogens (tertiary/aromatic N) is 1. The molecule has 2 saturated heterocycles. The number of aliphatic hydroxyl groups excluding tert-OH is 1. The molecular weight excluding hydrogens is 345 g/mol. The maximum atomic E-state index is 14.1. The molecule has 4 nitrogen and oxygen atoms in total. The van der Waals surface area contributed by atoms with Crippen LogP contribution >= 0.6 is 0 Å². The highest BCUT2D eigenvalue weighted by molar-refractivity contribution is 5.98. The summed E-state index contributed by atoms with van der Waals surface area (Å²) in [5, 5.41) is 10.3. The fourth-order valence-electron chi connectivity index (χ4n) is 5.04. The van der Waals surface area contributed by atoms with E-state index in [1.807, 2.05) is 23.1 Å². The fourth-order valence-corrected chi connectivity index (χ4v) is 5.04. The normalized spacial score (nSPS) is 26.4. The van der Waals surface area contributed by atoms with Crippen molar-refractivity contribution < 1.29 is 19.0 Å². The van der Waals surface area contributed by atoms with Gasteiger partial charge in [0.25, 0.3) is 5.91 Å². The number of hydrogen-bond donors (Lipinski definition) is 1. The fraction of sp³-hybridized carbons (Fsp3) is 0.409. The Morgan fingerprint density at radius 1 is 1.22 bits per heavy atom. The monoisotopic (exact) mass is 369 g/mol. The van der Waals surface area contributed by atoms with E-state index in [2.05, 4.69) is 12.1 Å². The standard InChI is InChI=1S/C22H24FNO3/c1-27-20-17(8-5-9-18(20)23)21(26)24-16-10-11-19(24)22(13-16,14-25)12-15-6-3-2-4-7-15/h2-9,16,19,25H,10-14H2,1H3/t16-,19+,22-/m0/s1. The number of methoxy groups -OCH3 is 1. The van der Waals surface area contributed by atoms with Crippen LogP contribution in [-0.2, 0) is 6.42 Å². The zero-order chi connectivity index (χ0) is 19.0. The quantitative estimate of drug-likeness (QED) is 0.878. The number of rotatable bonds is 5. The number of carbonyl (C=O) groups excluding carboxylic acids is 1. The first-order chi connectivity index (χ1) is 13.1. The minimum Gasteiger partial charge on any atom is -0.493 e. The predicted molar refractivity (Wildman–Crippen MR) is 100 cm³/mol. The van der Waals surface area contributed by atoms with Gasteiger partial charge in [0.1, 0.15) is 0 Å². The zero-order valence-electron chi connectivity index (χ0n) is 15.4. The predicted octanol–water partition coefficient (Wildman–Crippen LogP) is 3.43. The molecule has 0 aliphatic carbocycles. The van der Waals surface area contributed by atoms with Gasteiger partial charge in [0.2, 0.25) is 0 Å². The van der Waals surface area contributed by atoms with Crippen LogP contribution in [0.25, 0.3) is 0 Å². The highest BCUT2D eigenvalue weighted by atomic mass is 19.1. The molecule has 142 valence electrons. The number of carbonyl (C=O) groups is 1. The molecule has 2 aromatic carbocycles. The Hall–Kier alpha value is -2.40. The van der Waals surface area contributed by atoms with Gasteiger partial charge in [-0.25, -0.2) is 4.39 Å². The van der Waals surface area contributed by atoms with Crippen LogP contribution < -0.4 is 4.74 Å². The second kappa shape index (κ2) is 6.97. The van der Waals surface area contributed by atoms with E-state index in [4.69, 9.17) is 4.74 Å². The molecule has 0 radical (unpaired) electrons. The first-order valence-electron chi connectivity index (χ1n) is 9.39. The van der Waals surface area contributed by atoms with Crippen LogP contribution in [0.1, 0.15) is 35.2 Å². The maximum Gasteiger partial charge on any atom is 0.258 e. The molecule has 3 atom stereocenters. The van der Waals surface area contributed by atoms with Crippen molar-refractivity contribution in [1.29, 1.82) is 0 Å². The number of benzene rings is 2.